The summed E-state index contributed by atoms with van der Waals surface area (Å²) in [7, 11) is 1.52. The van der Waals surface area contributed by atoms with Crippen molar-refractivity contribution >= 4 is 29.1 Å². The molecule has 11 nitrogen and oxygen atoms in total. The largest absolute Gasteiger partial charge is 0.494 e. The van der Waals surface area contributed by atoms with Crippen LogP contribution in [0.4, 0.5) is 23.1 Å². The minimum atomic E-state index is -1.17. The third-order valence-electron chi connectivity index (χ3n) is 4.53. The minimum Gasteiger partial charge on any atom is -0.494 e. The molecule has 1 aromatic carbocycles. The number of benzene rings is 1. The molecular weight excluding hydrogens is 412 g/mol. The highest BCUT2D eigenvalue weighted by Gasteiger charge is 2.19. The van der Waals surface area contributed by atoms with E-state index in [9.17, 15) is 9.90 Å². The van der Waals surface area contributed by atoms with Gasteiger partial charge in [-0.25, -0.2) is 14.8 Å². The van der Waals surface area contributed by atoms with Gasteiger partial charge in [-0.3, -0.25) is 9.67 Å². The molecule has 0 saturated carbocycles. The lowest BCUT2D eigenvalue weighted by molar-refractivity contribution is 0.0697. The number of aromatic carboxylic acids is 1. The maximum atomic E-state index is 11.8. The van der Waals surface area contributed by atoms with Crippen molar-refractivity contribution in [2.75, 3.05) is 17.7 Å². The van der Waals surface area contributed by atoms with Crippen LogP contribution in [0.25, 0.3) is 11.4 Å². The standard InChI is InChI=1S/C21H20N8O3/c1-3-29-12-24-18(28-29)14-5-4-6-16(17(14)32-2)26-19-15(20(30)31)11-23-21(27-19)25-13-7-9-22-10-8-13/h4-12H,3H2,1-2H3,(H,30,31)(H2,22,23,25,26,27). The fourth-order valence-corrected chi connectivity index (χ4v) is 2.99. The average molecular weight is 432 g/mol. The summed E-state index contributed by atoms with van der Waals surface area (Å²) in [6.45, 7) is 2.65. The molecule has 0 aliphatic rings. The van der Waals surface area contributed by atoms with E-state index >= 15 is 0 Å². The lowest BCUT2D eigenvalue weighted by Crippen LogP contribution is -2.09. The smallest absolute Gasteiger partial charge is 0.341 e. The summed E-state index contributed by atoms with van der Waals surface area (Å²) in [5, 5.41) is 20.1. The average Bonchev–Trinajstić information content (AvgIpc) is 3.29. The van der Waals surface area contributed by atoms with E-state index in [0.29, 0.717) is 35.1 Å². The van der Waals surface area contributed by atoms with Gasteiger partial charge in [-0.05, 0) is 31.2 Å². The van der Waals surface area contributed by atoms with Gasteiger partial charge in [0.2, 0.25) is 5.95 Å². The molecule has 0 aliphatic heterocycles. The summed E-state index contributed by atoms with van der Waals surface area (Å²) >= 11 is 0. The number of methoxy groups -OCH3 is 1. The zero-order valence-corrected chi connectivity index (χ0v) is 17.4. The fraction of sp³-hybridized carbons (Fsp3) is 0.143. The van der Waals surface area contributed by atoms with Gasteiger partial charge in [0.1, 0.15) is 11.9 Å². The van der Waals surface area contributed by atoms with Crippen LogP contribution in [0.5, 0.6) is 5.75 Å². The van der Waals surface area contributed by atoms with E-state index in [2.05, 4.69) is 35.7 Å². The summed E-state index contributed by atoms with van der Waals surface area (Å²) in [5.74, 6) is 0.114. The number of carbonyl (C=O) groups is 1. The highest BCUT2D eigenvalue weighted by Crippen LogP contribution is 2.36. The van der Waals surface area contributed by atoms with Crippen molar-refractivity contribution in [2.45, 2.75) is 13.5 Å². The van der Waals surface area contributed by atoms with Gasteiger partial charge in [-0.15, -0.1) is 0 Å². The van der Waals surface area contributed by atoms with Gasteiger partial charge in [0.25, 0.3) is 0 Å². The third-order valence-corrected chi connectivity index (χ3v) is 4.53. The van der Waals surface area contributed by atoms with E-state index in [1.807, 2.05) is 13.0 Å². The quantitative estimate of drug-likeness (QED) is 0.380. The number of pyridine rings is 1. The molecule has 0 atom stereocenters. The Balaban J connectivity index is 1.71. The first-order chi connectivity index (χ1) is 15.6. The predicted octanol–water partition coefficient (Wildman–Crippen LogP) is 3.34. The molecule has 11 heteroatoms. The van der Waals surface area contributed by atoms with Crippen LogP contribution in [-0.4, -0.2) is 47.9 Å². The Labute approximate surface area is 183 Å². The van der Waals surface area contributed by atoms with Crippen LogP contribution in [0.3, 0.4) is 0 Å². The molecule has 0 amide bonds. The molecule has 0 unspecified atom stereocenters. The molecule has 32 heavy (non-hydrogen) atoms. The Bertz CT molecular complexity index is 1240. The lowest BCUT2D eigenvalue weighted by Gasteiger charge is -2.15. The number of aromatic nitrogens is 6. The second-order valence-electron chi connectivity index (χ2n) is 6.56. The van der Waals surface area contributed by atoms with Gasteiger partial charge in [0, 0.05) is 30.8 Å². The topological polar surface area (TPSA) is 140 Å². The van der Waals surface area contributed by atoms with E-state index in [0.717, 1.165) is 0 Å². The van der Waals surface area contributed by atoms with Crippen molar-refractivity contribution in [1.29, 1.82) is 0 Å². The summed E-state index contributed by atoms with van der Waals surface area (Å²) in [4.78, 5) is 28.5. The van der Waals surface area contributed by atoms with E-state index in [1.165, 1.54) is 13.3 Å². The Morgan fingerprint density at radius 1 is 1.16 bits per heavy atom. The maximum Gasteiger partial charge on any atom is 0.341 e. The Morgan fingerprint density at radius 3 is 2.66 bits per heavy atom. The summed E-state index contributed by atoms with van der Waals surface area (Å²) < 4.78 is 7.31. The van der Waals surface area contributed by atoms with Crippen molar-refractivity contribution in [3.63, 3.8) is 0 Å². The van der Waals surface area contributed by atoms with Gasteiger partial charge >= 0.3 is 5.97 Å². The first-order valence-electron chi connectivity index (χ1n) is 9.70. The number of rotatable bonds is 8. The van der Waals surface area contributed by atoms with Crippen molar-refractivity contribution < 1.29 is 14.6 Å². The van der Waals surface area contributed by atoms with E-state index in [1.54, 1.807) is 47.7 Å². The zero-order chi connectivity index (χ0) is 22.5. The van der Waals surface area contributed by atoms with Crippen LogP contribution in [0, 0.1) is 0 Å². The number of anilines is 4. The van der Waals surface area contributed by atoms with Crippen molar-refractivity contribution in [1.82, 2.24) is 29.7 Å². The van der Waals surface area contributed by atoms with Crippen LogP contribution < -0.4 is 15.4 Å². The number of carboxylic acids is 1. The number of nitrogens with zero attached hydrogens (tertiary/aromatic N) is 6. The maximum absolute atomic E-state index is 11.8. The van der Waals surface area contributed by atoms with Crippen LogP contribution in [0.1, 0.15) is 17.3 Å². The van der Waals surface area contributed by atoms with Gasteiger partial charge in [0.15, 0.2) is 17.4 Å². The van der Waals surface area contributed by atoms with Crippen LogP contribution in [0.2, 0.25) is 0 Å². The molecule has 0 aliphatic carbocycles. The van der Waals surface area contributed by atoms with Crippen molar-refractivity contribution in [3.8, 4) is 17.1 Å². The van der Waals surface area contributed by atoms with Gasteiger partial charge in [-0.2, -0.15) is 10.1 Å². The molecular formula is C21H20N8O3. The summed E-state index contributed by atoms with van der Waals surface area (Å²) in [6.07, 6.45) is 6.12. The molecule has 4 rings (SSSR count). The van der Waals surface area contributed by atoms with Gasteiger partial charge in [0.05, 0.1) is 18.4 Å². The van der Waals surface area contributed by atoms with Crippen LogP contribution in [0.15, 0.2) is 55.2 Å². The molecule has 162 valence electrons. The highest BCUT2D eigenvalue weighted by molar-refractivity contribution is 5.94. The van der Waals surface area contributed by atoms with Crippen LogP contribution >= 0.6 is 0 Å². The zero-order valence-electron chi connectivity index (χ0n) is 17.4. The van der Waals surface area contributed by atoms with Crippen molar-refractivity contribution in [3.05, 3.63) is 60.8 Å². The number of hydrogen-bond acceptors (Lipinski definition) is 9. The molecule has 0 spiro atoms. The monoisotopic (exact) mass is 432 g/mol. The van der Waals surface area contributed by atoms with Crippen molar-refractivity contribution in [2.24, 2.45) is 0 Å². The molecule has 3 aromatic heterocycles. The Morgan fingerprint density at radius 2 is 1.97 bits per heavy atom. The molecule has 0 saturated heterocycles. The molecule has 3 heterocycles. The molecule has 3 N–H and O–H groups in total. The number of nitrogens with one attached hydrogen (secondary N) is 2. The van der Waals surface area contributed by atoms with Crippen LogP contribution in [-0.2, 0) is 6.54 Å². The predicted molar refractivity (Wildman–Crippen MR) is 117 cm³/mol. The van der Waals surface area contributed by atoms with Gasteiger partial charge < -0.3 is 20.5 Å². The first kappa shape index (κ1) is 20.7. The van der Waals surface area contributed by atoms with E-state index < -0.39 is 5.97 Å². The molecule has 4 aromatic rings. The first-order valence-corrected chi connectivity index (χ1v) is 9.70. The third kappa shape index (κ3) is 4.31. The second-order valence-corrected chi connectivity index (χ2v) is 6.56. The highest BCUT2D eigenvalue weighted by atomic mass is 16.5. The number of para-hydroxylation sites is 1. The molecule has 0 bridgehead atoms. The molecule has 0 fully saturated rings. The van der Waals surface area contributed by atoms with Gasteiger partial charge in [-0.1, -0.05) is 6.07 Å². The Hall–Kier alpha value is -4.54. The number of aryl methyl sites for hydroxylation is 1. The van der Waals surface area contributed by atoms with E-state index in [-0.39, 0.29) is 17.3 Å². The summed E-state index contributed by atoms with van der Waals surface area (Å²) in [5.41, 5.74) is 1.79. The fourth-order valence-electron chi connectivity index (χ4n) is 2.99. The number of ether oxygens (including phenoxy) is 1. The Kier molecular flexibility index (Phi) is 5.88. The number of carboxylic acid groups (broad SMARTS) is 1. The minimum absolute atomic E-state index is 0.0916. The summed E-state index contributed by atoms with van der Waals surface area (Å²) in [6, 6.07) is 8.87. The second kappa shape index (κ2) is 9.08. The number of hydrogen-bond donors (Lipinski definition) is 3. The lowest BCUT2D eigenvalue weighted by atomic mass is 10.1. The van der Waals surface area contributed by atoms with E-state index in [4.69, 9.17) is 4.74 Å². The SMILES string of the molecule is CCn1cnc(-c2cccc(Nc3nc(Nc4ccncc4)ncc3C(=O)O)c2OC)n1. The molecule has 0 radical (unpaired) electrons. The normalized spacial score (nSPS) is 10.6.